The van der Waals surface area contributed by atoms with Gasteiger partial charge in [0.1, 0.15) is 0 Å². The monoisotopic (exact) mass is 154 g/mol. The number of hydrogen-bond donors (Lipinski definition) is 2. The van der Waals surface area contributed by atoms with Gasteiger partial charge in [-0.15, -0.1) is 0 Å². The van der Waals surface area contributed by atoms with E-state index in [4.69, 9.17) is 0 Å². The molecule has 1 aliphatic carbocycles. The van der Waals surface area contributed by atoms with Gasteiger partial charge in [0.2, 0.25) is 0 Å². The van der Waals surface area contributed by atoms with Crippen molar-refractivity contribution in [3.63, 3.8) is 0 Å². The third kappa shape index (κ3) is 1.57. The van der Waals surface area contributed by atoms with Crippen molar-refractivity contribution >= 4 is 0 Å². The van der Waals surface area contributed by atoms with Crippen molar-refractivity contribution in [2.75, 3.05) is 19.6 Å². The van der Waals surface area contributed by atoms with Gasteiger partial charge in [0.25, 0.3) is 0 Å². The molecule has 0 aromatic rings. The standard InChI is InChI=1S/C9H18N2/c1-9(2)3-7(9)4-11-8-5-10-6-8/h7-8,10-11H,3-6H2,1-2H3. The molecule has 2 N–H and O–H groups in total. The lowest BCUT2D eigenvalue weighted by Crippen LogP contribution is -2.55. The minimum Gasteiger partial charge on any atom is -0.314 e. The fraction of sp³-hybridized carbons (Fsp3) is 1.00. The summed E-state index contributed by atoms with van der Waals surface area (Å²) >= 11 is 0. The van der Waals surface area contributed by atoms with E-state index in [9.17, 15) is 0 Å². The third-order valence-corrected chi connectivity index (χ3v) is 3.15. The van der Waals surface area contributed by atoms with Crippen molar-refractivity contribution in [3.8, 4) is 0 Å². The molecule has 0 spiro atoms. The van der Waals surface area contributed by atoms with Crippen LogP contribution in [0.5, 0.6) is 0 Å². The van der Waals surface area contributed by atoms with Crippen LogP contribution in [0.25, 0.3) is 0 Å². The minimum absolute atomic E-state index is 0.643. The fourth-order valence-corrected chi connectivity index (χ4v) is 1.67. The van der Waals surface area contributed by atoms with Crippen LogP contribution in [0.15, 0.2) is 0 Å². The van der Waals surface area contributed by atoms with Gasteiger partial charge in [-0.25, -0.2) is 0 Å². The fourth-order valence-electron chi connectivity index (χ4n) is 1.67. The summed E-state index contributed by atoms with van der Waals surface area (Å²) in [4.78, 5) is 0. The van der Waals surface area contributed by atoms with Gasteiger partial charge >= 0.3 is 0 Å². The molecule has 1 unspecified atom stereocenters. The van der Waals surface area contributed by atoms with Gasteiger partial charge in [0, 0.05) is 19.1 Å². The topological polar surface area (TPSA) is 24.1 Å². The van der Waals surface area contributed by atoms with Crippen molar-refractivity contribution in [1.29, 1.82) is 0 Å². The molecule has 2 aliphatic rings. The van der Waals surface area contributed by atoms with E-state index in [1.54, 1.807) is 0 Å². The van der Waals surface area contributed by atoms with Crippen LogP contribution in [0.4, 0.5) is 0 Å². The lowest BCUT2D eigenvalue weighted by molar-refractivity contribution is 0.353. The normalized spacial score (nSPS) is 34.9. The molecule has 2 rings (SSSR count). The van der Waals surface area contributed by atoms with E-state index in [2.05, 4.69) is 24.5 Å². The SMILES string of the molecule is CC1(C)CC1CNC1CNC1. The first kappa shape index (κ1) is 7.56. The molecule has 1 atom stereocenters. The summed E-state index contributed by atoms with van der Waals surface area (Å²) in [6.45, 7) is 8.30. The van der Waals surface area contributed by atoms with E-state index in [1.165, 1.54) is 26.1 Å². The zero-order valence-corrected chi connectivity index (χ0v) is 7.48. The molecule has 0 amide bonds. The molecule has 1 saturated carbocycles. The highest BCUT2D eigenvalue weighted by Gasteiger charge is 2.45. The highest BCUT2D eigenvalue weighted by molar-refractivity contribution is 4.97. The maximum absolute atomic E-state index is 3.57. The predicted molar refractivity (Wildman–Crippen MR) is 46.5 cm³/mol. The predicted octanol–water partition coefficient (Wildman–Crippen LogP) is 0.594. The Morgan fingerprint density at radius 2 is 2.09 bits per heavy atom. The Kier molecular flexibility index (Phi) is 1.69. The van der Waals surface area contributed by atoms with E-state index >= 15 is 0 Å². The second-order valence-corrected chi connectivity index (χ2v) is 4.65. The summed E-state index contributed by atoms with van der Waals surface area (Å²) in [7, 11) is 0. The molecular formula is C9H18N2. The first-order chi connectivity index (χ1) is 5.18. The smallest absolute Gasteiger partial charge is 0.0317 e. The maximum Gasteiger partial charge on any atom is 0.0317 e. The van der Waals surface area contributed by atoms with Crippen molar-refractivity contribution in [1.82, 2.24) is 10.6 Å². The van der Waals surface area contributed by atoms with Crippen molar-refractivity contribution in [2.45, 2.75) is 26.3 Å². The average molecular weight is 154 g/mol. The van der Waals surface area contributed by atoms with Gasteiger partial charge in [-0.05, 0) is 24.3 Å². The second kappa shape index (κ2) is 2.46. The van der Waals surface area contributed by atoms with Gasteiger partial charge in [-0.3, -0.25) is 0 Å². The molecule has 0 aromatic carbocycles. The maximum atomic E-state index is 3.57. The van der Waals surface area contributed by atoms with Crippen LogP contribution < -0.4 is 10.6 Å². The zero-order chi connectivity index (χ0) is 7.90. The zero-order valence-electron chi connectivity index (χ0n) is 7.48. The summed E-state index contributed by atoms with van der Waals surface area (Å²) in [5.41, 5.74) is 0.643. The molecule has 1 aliphatic heterocycles. The molecule has 1 saturated heterocycles. The Labute approximate surface area is 68.7 Å². The van der Waals surface area contributed by atoms with Crippen LogP contribution in [-0.2, 0) is 0 Å². The van der Waals surface area contributed by atoms with Crippen LogP contribution in [0, 0.1) is 11.3 Å². The summed E-state index contributed by atoms with van der Waals surface area (Å²) < 4.78 is 0. The number of hydrogen-bond acceptors (Lipinski definition) is 2. The first-order valence-electron chi connectivity index (χ1n) is 4.62. The largest absolute Gasteiger partial charge is 0.314 e. The second-order valence-electron chi connectivity index (χ2n) is 4.65. The van der Waals surface area contributed by atoms with E-state index < -0.39 is 0 Å². The Morgan fingerprint density at radius 1 is 1.45 bits per heavy atom. The van der Waals surface area contributed by atoms with Crippen LogP contribution in [-0.4, -0.2) is 25.7 Å². The van der Waals surface area contributed by atoms with E-state index in [-0.39, 0.29) is 0 Å². The number of rotatable bonds is 3. The molecule has 0 aromatic heterocycles. The van der Waals surface area contributed by atoms with Crippen LogP contribution in [0.1, 0.15) is 20.3 Å². The molecule has 0 radical (unpaired) electrons. The third-order valence-electron chi connectivity index (χ3n) is 3.15. The summed E-state index contributed by atoms with van der Waals surface area (Å²) in [6, 6.07) is 0.770. The summed E-state index contributed by atoms with van der Waals surface area (Å²) in [5, 5.41) is 6.84. The van der Waals surface area contributed by atoms with Crippen LogP contribution in [0.3, 0.4) is 0 Å². The van der Waals surface area contributed by atoms with Crippen LogP contribution >= 0.6 is 0 Å². The highest BCUT2D eigenvalue weighted by Crippen LogP contribution is 2.50. The van der Waals surface area contributed by atoms with E-state index in [0.717, 1.165) is 12.0 Å². The Hall–Kier alpha value is -0.0800. The molecule has 0 bridgehead atoms. The molecule has 2 fully saturated rings. The quantitative estimate of drug-likeness (QED) is 0.622. The Morgan fingerprint density at radius 3 is 2.45 bits per heavy atom. The van der Waals surface area contributed by atoms with Gasteiger partial charge in [-0.1, -0.05) is 13.8 Å². The summed E-state index contributed by atoms with van der Waals surface area (Å²) in [6.07, 6.45) is 1.42. The molecule has 2 heteroatoms. The van der Waals surface area contributed by atoms with E-state index in [1.807, 2.05) is 0 Å². The highest BCUT2D eigenvalue weighted by atomic mass is 15.1. The van der Waals surface area contributed by atoms with Crippen molar-refractivity contribution in [2.24, 2.45) is 11.3 Å². The molecule has 11 heavy (non-hydrogen) atoms. The van der Waals surface area contributed by atoms with Crippen molar-refractivity contribution < 1.29 is 0 Å². The summed E-state index contributed by atoms with van der Waals surface area (Å²) in [5.74, 6) is 0.947. The average Bonchev–Trinajstić information content (AvgIpc) is 2.36. The molecule has 1 heterocycles. The Balaban J connectivity index is 1.61. The lowest BCUT2D eigenvalue weighted by Gasteiger charge is -2.28. The lowest BCUT2D eigenvalue weighted by atomic mass is 10.1. The van der Waals surface area contributed by atoms with Crippen LogP contribution in [0.2, 0.25) is 0 Å². The van der Waals surface area contributed by atoms with Crippen molar-refractivity contribution in [3.05, 3.63) is 0 Å². The molecule has 2 nitrogen and oxygen atoms in total. The van der Waals surface area contributed by atoms with Gasteiger partial charge < -0.3 is 10.6 Å². The van der Waals surface area contributed by atoms with Gasteiger partial charge in [0.05, 0.1) is 0 Å². The number of nitrogens with one attached hydrogen (secondary N) is 2. The minimum atomic E-state index is 0.643. The van der Waals surface area contributed by atoms with Gasteiger partial charge in [0.15, 0.2) is 0 Å². The van der Waals surface area contributed by atoms with Gasteiger partial charge in [-0.2, -0.15) is 0 Å². The molecule has 64 valence electrons. The van der Waals surface area contributed by atoms with E-state index in [0.29, 0.717) is 5.41 Å². The molecular weight excluding hydrogens is 136 g/mol. The first-order valence-corrected chi connectivity index (χ1v) is 4.62. The Bertz CT molecular complexity index is 150.